The number of amides is 1. The average molecular weight is 355 g/mol. The van der Waals surface area contributed by atoms with Crippen molar-refractivity contribution in [2.45, 2.75) is 45.1 Å². The second-order valence-corrected chi connectivity index (χ2v) is 6.48. The first-order valence-corrected chi connectivity index (χ1v) is 8.19. The minimum atomic E-state index is -0.263. The predicted molar refractivity (Wildman–Crippen MR) is 96.7 cm³/mol. The van der Waals surface area contributed by atoms with Crippen LogP contribution in [0.5, 0.6) is 5.75 Å². The predicted octanol–water partition coefficient (Wildman–Crippen LogP) is 2.71. The normalized spacial score (nSPS) is 15.8. The maximum Gasteiger partial charge on any atom is 0.220 e. The van der Waals surface area contributed by atoms with E-state index in [4.69, 9.17) is 10.5 Å². The lowest BCUT2D eigenvalue weighted by molar-refractivity contribution is -0.123. The van der Waals surface area contributed by atoms with E-state index in [9.17, 15) is 9.59 Å². The molecule has 0 spiro atoms. The largest absolute Gasteiger partial charge is 0.494 e. The number of nitrogens with one attached hydrogen (secondary N) is 1. The zero-order valence-electron chi connectivity index (χ0n) is 14.3. The van der Waals surface area contributed by atoms with Gasteiger partial charge in [-0.2, -0.15) is 0 Å². The van der Waals surface area contributed by atoms with Crippen LogP contribution in [0, 0.1) is 5.92 Å². The van der Waals surface area contributed by atoms with Crippen LogP contribution in [0.4, 0.5) is 0 Å². The third kappa shape index (κ3) is 5.80. The fourth-order valence-electron chi connectivity index (χ4n) is 2.63. The van der Waals surface area contributed by atoms with Crippen molar-refractivity contribution in [2.24, 2.45) is 11.7 Å². The van der Waals surface area contributed by atoms with Gasteiger partial charge < -0.3 is 15.8 Å². The number of Topliss-reactive ketones (excluding diaryl/α,β-unsaturated/α-hetero) is 1. The maximum atomic E-state index is 12.0. The smallest absolute Gasteiger partial charge is 0.220 e. The monoisotopic (exact) mass is 354 g/mol. The van der Waals surface area contributed by atoms with Crippen molar-refractivity contribution in [1.82, 2.24) is 5.32 Å². The van der Waals surface area contributed by atoms with Gasteiger partial charge in [-0.3, -0.25) is 9.59 Å². The van der Waals surface area contributed by atoms with E-state index in [1.54, 1.807) is 24.3 Å². The third-order valence-corrected chi connectivity index (χ3v) is 4.41. The van der Waals surface area contributed by atoms with E-state index in [0.29, 0.717) is 43.2 Å². The first-order valence-electron chi connectivity index (χ1n) is 8.19. The fraction of sp³-hybridized carbons (Fsp3) is 0.556. The molecule has 0 radical (unpaired) electrons. The van der Waals surface area contributed by atoms with E-state index in [2.05, 4.69) is 5.32 Å². The number of hydrogen-bond acceptors (Lipinski definition) is 4. The van der Waals surface area contributed by atoms with Crippen LogP contribution in [0.25, 0.3) is 0 Å². The highest BCUT2D eigenvalue weighted by molar-refractivity contribution is 5.94. The second kappa shape index (κ2) is 9.04. The number of ketones is 1. The first kappa shape index (κ1) is 20.5. The number of ether oxygens (including phenoxy) is 1. The highest BCUT2D eigenvalue weighted by Crippen LogP contribution is 2.38. The van der Waals surface area contributed by atoms with E-state index in [0.717, 1.165) is 12.8 Å². The molecule has 134 valence electrons. The molecule has 1 fully saturated rings. The van der Waals surface area contributed by atoms with E-state index in [1.807, 2.05) is 6.92 Å². The summed E-state index contributed by atoms with van der Waals surface area (Å²) < 4.78 is 5.59. The Kier molecular flexibility index (Phi) is 7.70. The molecule has 24 heavy (non-hydrogen) atoms. The van der Waals surface area contributed by atoms with Gasteiger partial charge in [-0.1, -0.05) is 0 Å². The van der Waals surface area contributed by atoms with Crippen LogP contribution < -0.4 is 15.8 Å². The highest BCUT2D eigenvalue weighted by Gasteiger charge is 2.41. The van der Waals surface area contributed by atoms with Gasteiger partial charge >= 0.3 is 0 Å². The lowest BCUT2D eigenvalue weighted by atomic mass is 9.95. The number of carbonyl (C=O) groups is 2. The molecule has 1 atom stereocenters. The summed E-state index contributed by atoms with van der Waals surface area (Å²) in [4.78, 5) is 23.2. The molecule has 5 nitrogen and oxygen atoms in total. The van der Waals surface area contributed by atoms with Gasteiger partial charge in [0.25, 0.3) is 0 Å². The summed E-state index contributed by atoms with van der Waals surface area (Å²) in [5, 5.41) is 3.07. The van der Waals surface area contributed by atoms with Crippen molar-refractivity contribution in [3.63, 3.8) is 0 Å². The molecule has 1 saturated carbocycles. The van der Waals surface area contributed by atoms with Crippen molar-refractivity contribution in [2.75, 3.05) is 13.2 Å². The molecule has 3 N–H and O–H groups in total. The van der Waals surface area contributed by atoms with Crippen LogP contribution in [-0.4, -0.2) is 30.4 Å². The van der Waals surface area contributed by atoms with Gasteiger partial charge in [-0.05, 0) is 63.3 Å². The Labute approximate surface area is 149 Å². The lowest BCUT2D eigenvalue weighted by Gasteiger charge is -2.29. The summed E-state index contributed by atoms with van der Waals surface area (Å²) in [7, 11) is 0. The van der Waals surface area contributed by atoms with Gasteiger partial charge in [-0.15, -0.1) is 12.4 Å². The molecule has 1 unspecified atom stereocenters. The number of halogens is 1. The summed E-state index contributed by atoms with van der Waals surface area (Å²) in [6, 6.07) is 7.03. The van der Waals surface area contributed by atoms with Crippen LogP contribution in [0.2, 0.25) is 0 Å². The number of hydrogen-bond donors (Lipinski definition) is 2. The van der Waals surface area contributed by atoms with Gasteiger partial charge in [0.15, 0.2) is 5.78 Å². The van der Waals surface area contributed by atoms with Crippen LogP contribution in [0.15, 0.2) is 24.3 Å². The van der Waals surface area contributed by atoms with Gasteiger partial charge in [0.1, 0.15) is 5.75 Å². The number of rotatable bonds is 9. The molecule has 0 bridgehead atoms. The Bertz CT molecular complexity index is 558. The molecule has 1 amide bonds. The quantitative estimate of drug-likeness (QED) is 0.527. The third-order valence-electron chi connectivity index (χ3n) is 4.41. The SMILES string of the molecule is CC(=O)c1ccc(OCCCC(=O)NC(C)(CN)C2CC2)cc1.Cl. The highest BCUT2D eigenvalue weighted by atomic mass is 35.5. The number of carbonyl (C=O) groups excluding carboxylic acids is 2. The minimum absolute atomic E-state index is 0. The Morgan fingerprint density at radius 3 is 2.42 bits per heavy atom. The van der Waals surface area contributed by atoms with Crippen molar-refractivity contribution in [3.8, 4) is 5.75 Å². The first-order chi connectivity index (χ1) is 10.9. The molecule has 0 heterocycles. The van der Waals surface area contributed by atoms with Crippen molar-refractivity contribution >= 4 is 24.1 Å². The van der Waals surface area contributed by atoms with E-state index in [-0.39, 0.29) is 29.6 Å². The standard InChI is InChI=1S/C18H26N2O3.ClH/c1-13(21)14-5-9-16(10-6-14)23-11-3-4-17(22)20-18(2,12-19)15-7-8-15;/h5-6,9-10,15H,3-4,7-8,11-12,19H2,1-2H3,(H,20,22);1H. The molecule has 2 rings (SSSR count). The van der Waals surface area contributed by atoms with Crippen molar-refractivity contribution in [3.05, 3.63) is 29.8 Å². The average Bonchev–Trinajstić information content (AvgIpc) is 3.37. The second-order valence-electron chi connectivity index (χ2n) is 6.48. The molecular weight excluding hydrogens is 328 g/mol. The van der Waals surface area contributed by atoms with Gasteiger partial charge in [0.2, 0.25) is 5.91 Å². The molecule has 1 aliphatic rings. The Morgan fingerprint density at radius 2 is 1.92 bits per heavy atom. The lowest BCUT2D eigenvalue weighted by Crippen LogP contribution is -2.53. The van der Waals surface area contributed by atoms with Gasteiger partial charge in [0, 0.05) is 18.5 Å². The zero-order valence-corrected chi connectivity index (χ0v) is 15.2. The number of benzene rings is 1. The summed E-state index contributed by atoms with van der Waals surface area (Å²) in [6.45, 7) is 4.50. The minimum Gasteiger partial charge on any atom is -0.494 e. The molecule has 0 aliphatic heterocycles. The van der Waals surface area contributed by atoms with Crippen LogP contribution in [-0.2, 0) is 4.79 Å². The van der Waals surface area contributed by atoms with Crippen LogP contribution in [0.3, 0.4) is 0 Å². The van der Waals surface area contributed by atoms with Crippen LogP contribution in [0.1, 0.15) is 49.9 Å². The van der Waals surface area contributed by atoms with E-state index in [1.165, 1.54) is 6.92 Å². The zero-order chi connectivity index (χ0) is 16.9. The van der Waals surface area contributed by atoms with E-state index < -0.39 is 0 Å². The van der Waals surface area contributed by atoms with Gasteiger partial charge in [0.05, 0.1) is 12.1 Å². The topological polar surface area (TPSA) is 81.4 Å². The molecule has 0 aromatic heterocycles. The molecule has 6 heteroatoms. The molecule has 1 aliphatic carbocycles. The summed E-state index contributed by atoms with van der Waals surface area (Å²) in [5.41, 5.74) is 6.20. The molecule has 0 saturated heterocycles. The van der Waals surface area contributed by atoms with Crippen molar-refractivity contribution in [1.29, 1.82) is 0 Å². The molecular formula is C18H27ClN2O3. The summed E-state index contributed by atoms with van der Waals surface area (Å²) >= 11 is 0. The molecule has 1 aromatic carbocycles. The van der Waals surface area contributed by atoms with E-state index >= 15 is 0 Å². The Balaban J connectivity index is 0.00000288. The van der Waals surface area contributed by atoms with Crippen LogP contribution >= 0.6 is 12.4 Å². The summed E-state index contributed by atoms with van der Waals surface area (Å²) in [5.74, 6) is 1.29. The Hall–Kier alpha value is -1.59. The summed E-state index contributed by atoms with van der Waals surface area (Å²) in [6.07, 6.45) is 3.36. The van der Waals surface area contributed by atoms with Crippen molar-refractivity contribution < 1.29 is 14.3 Å². The maximum absolute atomic E-state index is 12.0. The number of nitrogens with two attached hydrogens (primary N) is 1. The fourth-order valence-corrected chi connectivity index (χ4v) is 2.63. The van der Waals surface area contributed by atoms with Gasteiger partial charge in [-0.25, -0.2) is 0 Å². The Morgan fingerprint density at radius 1 is 1.29 bits per heavy atom. The molecule has 1 aromatic rings.